The number of hydrogen-bond acceptors (Lipinski definition) is 8. The molecule has 1 amide bonds. The van der Waals surface area contributed by atoms with Gasteiger partial charge in [0.2, 0.25) is 21.8 Å². The highest BCUT2D eigenvalue weighted by Crippen LogP contribution is 2.36. The number of aryl methyl sites for hydroxylation is 3. The Morgan fingerprint density at radius 1 is 1.14 bits per heavy atom. The number of benzene rings is 2. The third kappa shape index (κ3) is 5.69. The summed E-state index contributed by atoms with van der Waals surface area (Å²) < 4.78 is 42.3. The van der Waals surface area contributed by atoms with Crippen LogP contribution in [0.4, 0.5) is 0 Å². The lowest BCUT2D eigenvalue weighted by Crippen LogP contribution is -2.48. The maximum Gasteiger partial charge on any atom is 0.248 e. The van der Waals surface area contributed by atoms with Crippen LogP contribution in [0.15, 0.2) is 53.6 Å². The number of nitrogens with one attached hydrogen (secondary N) is 1. The normalized spacial score (nSPS) is 19.0. The Hall–Kier alpha value is -3.87. The number of fused-ring (bicyclic) bond motifs is 2. The van der Waals surface area contributed by atoms with Gasteiger partial charge < -0.3 is 14.8 Å². The van der Waals surface area contributed by atoms with Gasteiger partial charge in [0.1, 0.15) is 16.5 Å². The van der Waals surface area contributed by atoms with Crippen LogP contribution in [0.1, 0.15) is 60.4 Å². The van der Waals surface area contributed by atoms with E-state index in [0.29, 0.717) is 26.2 Å². The molecule has 0 bridgehead atoms. The Morgan fingerprint density at radius 2 is 1.95 bits per heavy atom. The Kier molecular flexibility index (Phi) is 8.40. The van der Waals surface area contributed by atoms with Crippen LogP contribution in [0.5, 0.6) is 5.88 Å². The van der Waals surface area contributed by atoms with E-state index in [4.69, 9.17) is 9.47 Å². The van der Waals surface area contributed by atoms with Gasteiger partial charge >= 0.3 is 0 Å². The molecule has 4 aromatic rings. The first-order valence-electron chi connectivity index (χ1n) is 15.1. The summed E-state index contributed by atoms with van der Waals surface area (Å²) in [5.74, 6) is -0.214. The molecule has 1 fully saturated rings. The molecular formula is C32H38N6O5S. The fourth-order valence-corrected chi connectivity index (χ4v) is 7.46. The first-order valence-corrected chi connectivity index (χ1v) is 16.5. The summed E-state index contributed by atoms with van der Waals surface area (Å²) >= 11 is 0. The van der Waals surface area contributed by atoms with Crippen molar-refractivity contribution >= 4 is 27.0 Å². The average Bonchev–Trinajstić information content (AvgIpc) is 3.38. The largest absolute Gasteiger partial charge is 0.472 e. The summed E-state index contributed by atoms with van der Waals surface area (Å²) in [5.41, 5.74) is 6.45. The molecule has 232 valence electrons. The van der Waals surface area contributed by atoms with Crippen molar-refractivity contribution in [3.63, 3.8) is 0 Å². The zero-order chi connectivity index (χ0) is 31.0. The zero-order valence-corrected chi connectivity index (χ0v) is 26.3. The van der Waals surface area contributed by atoms with Crippen LogP contribution in [-0.2, 0) is 32.6 Å². The molecule has 0 spiro atoms. The van der Waals surface area contributed by atoms with E-state index in [2.05, 4.69) is 26.7 Å². The van der Waals surface area contributed by atoms with Gasteiger partial charge in [-0.2, -0.15) is 4.31 Å². The maximum atomic E-state index is 13.8. The molecule has 6 rings (SSSR count). The molecule has 0 radical (unpaired) electrons. The van der Waals surface area contributed by atoms with Gasteiger partial charge in [-0.3, -0.25) is 4.79 Å². The monoisotopic (exact) mass is 618 g/mol. The smallest absolute Gasteiger partial charge is 0.248 e. The van der Waals surface area contributed by atoms with Crippen LogP contribution in [0, 0.1) is 13.8 Å². The highest BCUT2D eigenvalue weighted by Gasteiger charge is 2.35. The van der Waals surface area contributed by atoms with E-state index in [1.54, 1.807) is 18.3 Å². The number of ether oxygens (including phenoxy) is 2. The topological polar surface area (TPSA) is 129 Å². The van der Waals surface area contributed by atoms with Gasteiger partial charge in [0, 0.05) is 31.6 Å². The van der Waals surface area contributed by atoms with Crippen molar-refractivity contribution in [3.8, 4) is 5.88 Å². The second-order valence-corrected chi connectivity index (χ2v) is 13.5. The minimum absolute atomic E-state index is 0.0177. The van der Waals surface area contributed by atoms with Crippen LogP contribution in [0.25, 0.3) is 11.0 Å². The minimum atomic E-state index is -3.87. The SMILES string of the molecule is CC[C@@H]1CN(Cc2cc([C@H](CC(=O)NC3COC3)c3ccc4c(nnn4CC)c3C)ccc2C)S(=O)(=O)c2cccnc2O1. The summed E-state index contributed by atoms with van der Waals surface area (Å²) in [6, 6.07) is 13.3. The molecule has 0 unspecified atom stereocenters. The second kappa shape index (κ2) is 12.3. The molecule has 11 nitrogen and oxygen atoms in total. The Balaban J connectivity index is 1.38. The van der Waals surface area contributed by atoms with Gasteiger partial charge in [-0.1, -0.05) is 36.4 Å². The van der Waals surface area contributed by atoms with Crippen molar-refractivity contribution < 1.29 is 22.7 Å². The van der Waals surface area contributed by atoms with E-state index in [0.717, 1.165) is 38.9 Å². The van der Waals surface area contributed by atoms with E-state index in [1.807, 2.05) is 56.6 Å². The van der Waals surface area contributed by atoms with Gasteiger partial charge in [0.05, 0.1) is 31.3 Å². The molecule has 4 heterocycles. The molecule has 2 aromatic carbocycles. The average molecular weight is 619 g/mol. The molecular weight excluding hydrogens is 580 g/mol. The number of carbonyl (C=O) groups is 1. The van der Waals surface area contributed by atoms with Crippen molar-refractivity contribution in [2.24, 2.45) is 0 Å². The van der Waals surface area contributed by atoms with Crippen molar-refractivity contribution in [2.45, 2.75) is 76.6 Å². The summed E-state index contributed by atoms with van der Waals surface area (Å²) in [4.78, 5) is 17.6. The van der Waals surface area contributed by atoms with E-state index >= 15 is 0 Å². The van der Waals surface area contributed by atoms with Crippen molar-refractivity contribution in [1.29, 1.82) is 0 Å². The van der Waals surface area contributed by atoms with E-state index in [-0.39, 0.29) is 54.3 Å². The van der Waals surface area contributed by atoms with Crippen LogP contribution in [-0.4, -0.2) is 70.5 Å². The van der Waals surface area contributed by atoms with Crippen LogP contribution in [0.2, 0.25) is 0 Å². The molecule has 2 aliphatic heterocycles. The van der Waals surface area contributed by atoms with Gasteiger partial charge in [0.15, 0.2) is 0 Å². The Labute approximate surface area is 257 Å². The number of rotatable bonds is 9. The predicted molar refractivity (Wildman–Crippen MR) is 165 cm³/mol. The molecule has 0 aliphatic carbocycles. The fraction of sp³-hybridized carbons (Fsp3) is 0.438. The van der Waals surface area contributed by atoms with Gasteiger partial charge in [-0.15, -0.1) is 5.10 Å². The quantitative estimate of drug-likeness (QED) is 0.300. The molecule has 0 saturated carbocycles. The first-order chi connectivity index (χ1) is 21.2. The van der Waals surface area contributed by atoms with E-state index in [1.165, 1.54) is 4.31 Å². The summed E-state index contributed by atoms with van der Waals surface area (Å²) in [7, 11) is -3.87. The highest BCUT2D eigenvalue weighted by atomic mass is 32.2. The third-order valence-electron chi connectivity index (χ3n) is 8.67. The fourth-order valence-electron chi connectivity index (χ4n) is 5.94. The van der Waals surface area contributed by atoms with Gasteiger partial charge in [0.25, 0.3) is 0 Å². The number of hydrogen-bond donors (Lipinski definition) is 1. The third-order valence-corrected chi connectivity index (χ3v) is 10.5. The number of aromatic nitrogens is 4. The lowest BCUT2D eigenvalue weighted by molar-refractivity contribution is -0.125. The van der Waals surface area contributed by atoms with Crippen molar-refractivity contribution in [3.05, 3.63) is 76.5 Å². The molecule has 1 N–H and O–H groups in total. The lowest BCUT2D eigenvalue weighted by atomic mass is 9.84. The van der Waals surface area contributed by atoms with Crippen LogP contribution >= 0.6 is 0 Å². The molecule has 2 aliphatic rings. The summed E-state index contributed by atoms with van der Waals surface area (Å²) in [6.07, 6.45) is 2.07. The number of carbonyl (C=O) groups excluding carboxylic acids is 1. The Bertz CT molecular complexity index is 1800. The highest BCUT2D eigenvalue weighted by molar-refractivity contribution is 7.89. The molecule has 44 heavy (non-hydrogen) atoms. The second-order valence-electron chi connectivity index (χ2n) is 11.5. The number of nitrogens with zero attached hydrogens (tertiary/aromatic N) is 5. The predicted octanol–water partition coefficient (Wildman–Crippen LogP) is 3.86. The molecule has 12 heteroatoms. The van der Waals surface area contributed by atoms with Gasteiger partial charge in [-0.25, -0.2) is 18.1 Å². The lowest BCUT2D eigenvalue weighted by Gasteiger charge is -2.28. The molecule has 2 atom stereocenters. The molecule has 2 aromatic heterocycles. The first kappa shape index (κ1) is 30.2. The van der Waals surface area contributed by atoms with Crippen LogP contribution < -0.4 is 10.1 Å². The standard InChI is InChI=1S/C32H38N6O5S/c1-5-25-17-37(44(40,41)29-8-7-13-33-32(29)43-25)16-23-14-22(10-9-20(23)3)27(15-30(39)34-24-18-42-19-24)26-11-12-28-31(21(26)4)35-36-38(28)6-2/h7-14,24-25,27H,5-6,15-19H2,1-4H3,(H,34,39)/t25-,27+/m1/s1. The maximum absolute atomic E-state index is 13.8. The van der Waals surface area contributed by atoms with Crippen LogP contribution in [0.3, 0.4) is 0 Å². The Morgan fingerprint density at radius 3 is 2.68 bits per heavy atom. The minimum Gasteiger partial charge on any atom is -0.472 e. The summed E-state index contributed by atoms with van der Waals surface area (Å²) in [5, 5.41) is 11.8. The summed E-state index contributed by atoms with van der Waals surface area (Å²) in [6.45, 7) is 10.1. The molecule has 1 saturated heterocycles. The zero-order valence-electron chi connectivity index (χ0n) is 25.5. The van der Waals surface area contributed by atoms with Crippen molar-refractivity contribution in [2.75, 3.05) is 19.8 Å². The van der Waals surface area contributed by atoms with Gasteiger partial charge in [-0.05, 0) is 73.2 Å². The van der Waals surface area contributed by atoms with Crippen molar-refractivity contribution in [1.82, 2.24) is 29.6 Å². The number of pyridine rings is 1. The number of amides is 1. The van der Waals surface area contributed by atoms with E-state index in [9.17, 15) is 13.2 Å². The van der Waals surface area contributed by atoms with E-state index < -0.39 is 10.0 Å². The number of sulfonamides is 1.